The van der Waals surface area contributed by atoms with E-state index in [0.29, 0.717) is 11.8 Å². The van der Waals surface area contributed by atoms with Crippen molar-refractivity contribution in [1.82, 2.24) is 9.38 Å². The molecule has 2 aromatic rings. The molecule has 1 unspecified atom stereocenters. The van der Waals surface area contributed by atoms with Gasteiger partial charge in [-0.3, -0.25) is 0 Å². The van der Waals surface area contributed by atoms with Crippen LogP contribution in [0.15, 0.2) is 24.7 Å². The second-order valence-corrected chi connectivity index (χ2v) is 6.48. The molecule has 3 heteroatoms. The number of imidazole rings is 1. The van der Waals surface area contributed by atoms with Gasteiger partial charge >= 0.3 is 0 Å². The van der Waals surface area contributed by atoms with Gasteiger partial charge in [0.25, 0.3) is 0 Å². The topological polar surface area (TPSA) is 37.5 Å². The van der Waals surface area contributed by atoms with Crippen LogP contribution in [0.2, 0.25) is 0 Å². The van der Waals surface area contributed by atoms with E-state index in [4.69, 9.17) is 0 Å². The molecule has 1 atom stereocenters. The second kappa shape index (κ2) is 4.88. The summed E-state index contributed by atoms with van der Waals surface area (Å²) in [5.74, 6) is 1.09. The van der Waals surface area contributed by atoms with Gasteiger partial charge in [-0.25, -0.2) is 4.98 Å². The van der Waals surface area contributed by atoms with Crippen molar-refractivity contribution < 1.29 is 5.11 Å². The quantitative estimate of drug-likeness (QED) is 0.920. The minimum absolute atomic E-state index is 0.330. The molecule has 0 bridgehead atoms. The zero-order valence-electron chi connectivity index (χ0n) is 11.8. The molecular formula is C17H22N2O. The molecule has 0 aromatic carbocycles. The molecule has 20 heavy (non-hydrogen) atoms. The maximum atomic E-state index is 11.0. The highest BCUT2D eigenvalue weighted by molar-refractivity contribution is 5.50. The van der Waals surface area contributed by atoms with Crippen molar-refractivity contribution >= 4 is 5.52 Å². The first kappa shape index (κ1) is 12.4. The summed E-state index contributed by atoms with van der Waals surface area (Å²) in [4.78, 5) is 4.26. The largest absolute Gasteiger partial charge is 0.387 e. The lowest BCUT2D eigenvalue weighted by Crippen LogP contribution is -2.19. The van der Waals surface area contributed by atoms with Crippen LogP contribution in [0.25, 0.3) is 5.52 Å². The van der Waals surface area contributed by atoms with E-state index in [0.717, 1.165) is 24.1 Å². The third kappa shape index (κ3) is 2.05. The summed E-state index contributed by atoms with van der Waals surface area (Å²) in [6, 6.07) is 4.35. The number of rotatable bonds is 3. The van der Waals surface area contributed by atoms with Crippen LogP contribution in [0.5, 0.6) is 0 Å². The highest BCUT2D eigenvalue weighted by Crippen LogP contribution is 2.45. The van der Waals surface area contributed by atoms with Crippen molar-refractivity contribution in [1.29, 1.82) is 0 Å². The van der Waals surface area contributed by atoms with Gasteiger partial charge in [-0.05, 0) is 49.1 Å². The minimum Gasteiger partial charge on any atom is -0.387 e. The molecule has 106 valence electrons. The van der Waals surface area contributed by atoms with E-state index in [9.17, 15) is 5.11 Å². The van der Waals surface area contributed by atoms with Gasteiger partial charge in [0.2, 0.25) is 0 Å². The Bertz CT molecular complexity index is 608. The molecular weight excluding hydrogens is 248 g/mol. The molecule has 3 nitrogen and oxygen atoms in total. The molecule has 2 heterocycles. The van der Waals surface area contributed by atoms with Crippen LogP contribution in [0.3, 0.4) is 0 Å². The first-order valence-corrected chi connectivity index (χ1v) is 7.97. The first-order valence-electron chi connectivity index (χ1n) is 7.97. The van der Waals surface area contributed by atoms with E-state index < -0.39 is 0 Å². The summed E-state index contributed by atoms with van der Waals surface area (Å²) in [6.07, 6.45) is 12.1. The monoisotopic (exact) mass is 270 g/mol. The Labute approximate surface area is 119 Å². The van der Waals surface area contributed by atoms with Gasteiger partial charge in [-0.2, -0.15) is 0 Å². The van der Waals surface area contributed by atoms with Gasteiger partial charge in [0.15, 0.2) is 0 Å². The van der Waals surface area contributed by atoms with E-state index in [1.54, 1.807) is 0 Å². The summed E-state index contributed by atoms with van der Waals surface area (Å²) in [7, 11) is 0. The average molecular weight is 270 g/mol. The van der Waals surface area contributed by atoms with Crippen molar-refractivity contribution in [3.8, 4) is 0 Å². The zero-order valence-corrected chi connectivity index (χ0v) is 11.8. The third-order valence-electron chi connectivity index (χ3n) is 5.05. The fourth-order valence-corrected chi connectivity index (χ4v) is 3.76. The van der Waals surface area contributed by atoms with Crippen molar-refractivity contribution in [3.63, 3.8) is 0 Å². The van der Waals surface area contributed by atoms with E-state index >= 15 is 0 Å². The number of aliphatic hydroxyl groups excluding tert-OH is 1. The Morgan fingerprint density at radius 2 is 1.90 bits per heavy atom. The molecule has 1 N–H and O–H groups in total. The number of hydrogen-bond acceptors (Lipinski definition) is 2. The molecule has 2 fully saturated rings. The van der Waals surface area contributed by atoms with Crippen LogP contribution in [-0.4, -0.2) is 14.5 Å². The van der Waals surface area contributed by atoms with Crippen molar-refractivity contribution in [3.05, 3.63) is 35.9 Å². The second-order valence-electron chi connectivity index (χ2n) is 6.48. The lowest BCUT2D eigenvalue weighted by atomic mass is 9.82. The predicted octanol–water partition coefficient (Wildman–Crippen LogP) is 3.83. The van der Waals surface area contributed by atoms with Gasteiger partial charge in [0.05, 0.1) is 29.8 Å². The molecule has 0 amide bonds. The van der Waals surface area contributed by atoms with Crippen LogP contribution in [0.4, 0.5) is 0 Å². The molecule has 2 aliphatic carbocycles. The van der Waals surface area contributed by atoms with Gasteiger partial charge in [0.1, 0.15) is 0 Å². The number of nitrogens with zero attached hydrogens (tertiary/aromatic N) is 2. The fourth-order valence-electron chi connectivity index (χ4n) is 3.76. The normalized spacial score (nSPS) is 22.2. The molecule has 0 radical (unpaired) electrons. The fraction of sp³-hybridized carbons (Fsp3) is 0.588. The minimum atomic E-state index is -0.330. The highest BCUT2D eigenvalue weighted by Gasteiger charge is 2.32. The molecule has 2 aromatic heterocycles. The van der Waals surface area contributed by atoms with Crippen LogP contribution in [0.1, 0.15) is 68.2 Å². The zero-order chi connectivity index (χ0) is 13.5. The Kier molecular flexibility index (Phi) is 3.03. The van der Waals surface area contributed by atoms with Crippen LogP contribution < -0.4 is 0 Å². The van der Waals surface area contributed by atoms with Crippen molar-refractivity contribution in [2.24, 2.45) is 5.92 Å². The van der Waals surface area contributed by atoms with Crippen molar-refractivity contribution in [2.45, 2.75) is 57.0 Å². The Balaban J connectivity index is 1.79. The first-order chi connectivity index (χ1) is 9.84. The maximum absolute atomic E-state index is 11.0. The third-order valence-corrected chi connectivity index (χ3v) is 5.05. The van der Waals surface area contributed by atoms with Crippen LogP contribution in [-0.2, 0) is 0 Å². The number of fused-ring (bicyclic) bond motifs is 1. The Hall–Kier alpha value is -1.35. The summed E-state index contributed by atoms with van der Waals surface area (Å²) in [5, 5.41) is 11.0. The lowest BCUT2D eigenvalue weighted by molar-refractivity contribution is 0.0793. The van der Waals surface area contributed by atoms with Crippen LogP contribution in [0, 0.1) is 5.92 Å². The molecule has 4 rings (SSSR count). The van der Waals surface area contributed by atoms with E-state index in [1.807, 2.05) is 12.5 Å². The molecule has 2 saturated carbocycles. The Morgan fingerprint density at radius 3 is 2.65 bits per heavy atom. The van der Waals surface area contributed by atoms with Gasteiger partial charge in [-0.1, -0.05) is 25.3 Å². The number of aliphatic hydroxyl groups is 1. The summed E-state index contributed by atoms with van der Waals surface area (Å²) >= 11 is 0. The van der Waals surface area contributed by atoms with Gasteiger partial charge in [-0.15, -0.1) is 0 Å². The molecule has 0 spiro atoms. The molecule has 2 aliphatic rings. The molecule has 0 aliphatic heterocycles. The Morgan fingerprint density at radius 1 is 1.10 bits per heavy atom. The number of pyridine rings is 1. The van der Waals surface area contributed by atoms with Crippen LogP contribution >= 0.6 is 0 Å². The molecule has 0 saturated heterocycles. The highest BCUT2D eigenvalue weighted by atomic mass is 16.3. The van der Waals surface area contributed by atoms with E-state index in [1.165, 1.54) is 37.7 Å². The average Bonchev–Trinajstić information content (AvgIpc) is 3.23. The standard InChI is InChI=1S/C17H22N2O/c20-17(13-4-2-1-3-5-13)16-15(12-6-7-12)9-8-14-10-18-11-19(14)16/h8-13,17,20H,1-7H2. The van der Waals surface area contributed by atoms with Crippen molar-refractivity contribution in [2.75, 3.05) is 0 Å². The number of aromatic nitrogens is 2. The summed E-state index contributed by atoms with van der Waals surface area (Å²) in [5.41, 5.74) is 3.57. The smallest absolute Gasteiger partial charge is 0.0995 e. The predicted molar refractivity (Wildman–Crippen MR) is 78.7 cm³/mol. The van der Waals surface area contributed by atoms with E-state index in [2.05, 4.69) is 21.5 Å². The number of hydrogen-bond donors (Lipinski definition) is 1. The van der Waals surface area contributed by atoms with Gasteiger partial charge in [0, 0.05) is 0 Å². The van der Waals surface area contributed by atoms with E-state index in [-0.39, 0.29) is 6.10 Å². The lowest BCUT2D eigenvalue weighted by Gasteiger charge is -2.28. The SMILES string of the molecule is OC(c1c(C2CC2)ccc2cncn12)C1CCCCC1. The van der Waals surface area contributed by atoms with Gasteiger partial charge < -0.3 is 9.51 Å². The maximum Gasteiger partial charge on any atom is 0.0995 e. The summed E-state index contributed by atoms with van der Waals surface area (Å²) in [6.45, 7) is 0. The summed E-state index contributed by atoms with van der Waals surface area (Å²) < 4.78 is 2.12.